The molecule has 2 aromatic carbocycles. The quantitative estimate of drug-likeness (QED) is 0.0799. The number of nitrogens with zero attached hydrogens (tertiary/aromatic N) is 3. The molecule has 2 aliphatic heterocycles. The summed E-state index contributed by atoms with van der Waals surface area (Å²) in [5.74, 6) is 1.54. The number of aliphatic imine (C=N–C) groups is 1. The van der Waals surface area contributed by atoms with E-state index in [9.17, 15) is 18.1 Å². The van der Waals surface area contributed by atoms with Crippen molar-refractivity contribution in [2.24, 2.45) is 4.99 Å². The number of allylic oxidation sites excluding steroid dienone is 8. The van der Waals surface area contributed by atoms with E-state index in [-0.39, 0.29) is 23.2 Å². The maximum atomic E-state index is 11.5. The molecule has 3 aromatic rings. The molecule has 8 nitrogen and oxygen atoms in total. The van der Waals surface area contributed by atoms with Gasteiger partial charge in [-0.15, -0.1) is 0 Å². The molecule has 3 aliphatic rings. The molecule has 2 N–H and O–H groups in total. The normalized spacial score (nSPS) is 18.8. The lowest BCUT2D eigenvalue weighted by Gasteiger charge is -2.28. The van der Waals surface area contributed by atoms with Gasteiger partial charge in [-0.1, -0.05) is 81.3 Å². The van der Waals surface area contributed by atoms with Crippen LogP contribution < -0.4 is 14.2 Å². The van der Waals surface area contributed by atoms with E-state index in [2.05, 4.69) is 117 Å². The molecule has 6 rings (SSSR count). The largest absolute Gasteiger partial charge is 0.494 e. The smallest absolute Gasteiger partial charge is 0.327 e. The van der Waals surface area contributed by atoms with E-state index in [1.54, 1.807) is 0 Å². The average Bonchev–Trinajstić information content (AvgIpc) is 3.56. The molecule has 0 saturated heterocycles. The highest BCUT2D eigenvalue weighted by Crippen LogP contribution is 2.48. The zero-order valence-electron chi connectivity index (χ0n) is 34.2. The van der Waals surface area contributed by atoms with E-state index in [0.29, 0.717) is 32.4 Å². The number of fused-ring (bicyclic) bond motifs is 2. The predicted octanol–water partition coefficient (Wildman–Crippen LogP) is 10.4. The second-order valence-electron chi connectivity index (χ2n) is 16.5. The number of aliphatic hydroxyl groups is 1. The lowest BCUT2D eigenvalue weighted by atomic mass is 9.80. The Kier molecular flexibility index (Phi) is 13.7. The molecule has 3 heterocycles. The Balaban J connectivity index is 1.42. The van der Waals surface area contributed by atoms with Gasteiger partial charge in [-0.25, -0.2) is 4.57 Å². The van der Waals surface area contributed by atoms with Gasteiger partial charge in [-0.2, -0.15) is 8.42 Å². The van der Waals surface area contributed by atoms with Crippen molar-refractivity contribution in [1.29, 1.82) is 0 Å². The lowest BCUT2D eigenvalue weighted by molar-refractivity contribution is -0.684. The van der Waals surface area contributed by atoms with Gasteiger partial charge in [-0.3, -0.25) is 4.55 Å². The summed E-state index contributed by atoms with van der Waals surface area (Å²) in [5.41, 5.74) is 9.83. The van der Waals surface area contributed by atoms with Crippen LogP contribution in [0.5, 0.6) is 5.75 Å². The highest BCUT2D eigenvalue weighted by molar-refractivity contribution is 7.85. The van der Waals surface area contributed by atoms with Crippen LogP contribution in [0.15, 0.2) is 107 Å². The molecule has 57 heavy (non-hydrogen) atoms. The predicted molar refractivity (Wildman–Crippen MR) is 233 cm³/mol. The van der Waals surface area contributed by atoms with Crippen molar-refractivity contribution in [3.05, 3.63) is 124 Å². The van der Waals surface area contributed by atoms with Crippen LogP contribution in [-0.4, -0.2) is 49.3 Å². The summed E-state index contributed by atoms with van der Waals surface area (Å²) in [6.07, 6.45) is 18.5. The molecule has 0 saturated carbocycles. The van der Waals surface area contributed by atoms with Gasteiger partial charge in [0.25, 0.3) is 10.1 Å². The number of anilines is 1. The van der Waals surface area contributed by atoms with E-state index in [4.69, 9.17) is 21.3 Å². The minimum absolute atomic E-state index is 0.151. The number of aromatic nitrogens is 1. The average molecular weight is 814 g/mol. The monoisotopic (exact) mass is 812 g/mol. The number of ether oxygens (including phenoxy) is 1. The zero-order chi connectivity index (χ0) is 40.8. The summed E-state index contributed by atoms with van der Waals surface area (Å²) in [5, 5.41) is 10.0. The number of aliphatic hydroxyl groups excluding tert-OH is 1. The van der Waals surface area contributed by atoms with Crippen molar-refractivity contribution in [2.75, 3.05) is 30.4 Å². The fraction of sp³-hybridized carbons (Fsp3) is 0.447. The number of rotatable bonds is 17. The summed E-state index contributed by atoms with van der Waals surface area (Å²) >= 11 is 6.66. The number of unbranched alkanes of at least 4 members (excludes halogenated alkanes) is 3. The summed E-state index contributed by atoms with van der Waals surface area (Å²) in [4.78, 5) is 7.56. The van der Waals surface area contributed by atoms with E-state index in [1.165, 1.54) is 22.3 Å². The van der Waals surface area contributed by atoms with Crippen LogP contribution in [0.1, 0.15) is 109 Å². The van der Waals surface area contributed by atoms with E-state index < -0.39 is 10.1 Å². The van der Waals surface area contributed by atoms with Crippen molar-refractivity contribution >= 4 is 44.5 Å². The Morgan fingerprint density at radius 2 is 1.74 bits per heavy atom. The lowest BCUT2D eigenvalue weighted by Crippen LogP contribution is -2.35. The second kappa shape index (κ2) is 18.3. The fourth-order valence-corrected chi connectivity index (χ4v) is 9.19. The summed E-state index contributed by atoms with van der Waals surface area (Å²) in [7, 11) is -4.01. The number of benzene rings is 2. The van der Waals surface area contributed by atoms with Crippen LogP contribution in [-0.2, 0) is 27.5 Å². The second-order valence-corrected chi connectivity index (χ2v) is 18.5. The van der Waals surface area contributed by atoms with Gasteiger partial charge in [0.05, 0.1) is 34.9 Å². The topological polar surface area (TPSA) is 103 Å². The number of halogens is 1. The molecule has 0 unspecified atom stereocenters. The Hall–Kier alpha value is -4.02. The first-order valence-corrected chi connectivity index (χ1v) is 22.5. The van der Waals surface area contributed by atoms with Crippen molar-refractivity contribution in [2.45, 2.75) is 110 Å². The van der Waals surface area contributed by atoms with Crippen molar-refractivity contribution < 1.29 is 27.4 Å². The molecule has 10 heteroatoms. The highest BCUT2D eigenvalue weighted by Gasteiger charge is 2.43. The van der Waals surface area contributed by atoms with Gasteiger partial charge in [0.15, 0.2) is 5.71 Å². The molecular weight excluding hydrogens is 754 g/mol. The maximum Gasteiger partial charge on any atom is 0.327 e. The standard InChI is InChI=1S/C47H58ClN3O5S/c1-6-7-26-50-33-37(48)32-40-45(50)49-42(46(40,2)3)24-22-34-16-14-17-35(44(34)36-18-15-19-38(31-36)56-29-12-11-28-52)23-25-43-47(4,5)39-20-8-9-21-41(39)51(43)27-10-13-30-57(53,54)55/h8-9,15,18-25,31-33,52H,6-7,10-14,16-17,26-30H2,1-5H3/p+1. The number of hydrogen-bond acceptors (Lipinski definition) is 6. The van der Waals surface area contributed by atoms with Crippen LogP contribution in [0.3, 0.4) is 0 Å². The third-order valence-electron chi connectivity index (χ3n) is 11.6. The first-order valence-electron chi connectivity index (χ1n) is 20.6. The Bertz CT molecular complexity index is 2220. The summed E-state index contributed by atoms with van der Waals surface area (Å²) in [6, 6.07) is 18.9. The summed E-state index contributed by atoms with van der Waals surface area (Å²) in [6.45, 7) is 13.3. The summed E-state index contributed by atoms with van der Waals surface area (Å²) < 4.78 is 40.7. The number of para-hydroxylation sites is 1. The minimum atomic E-state index is -4.01. The van der Waals surface area contributed by atoms with Crippen molar-refractivity contribution in [1.82, 2.24) is 0 Å². The zero-order valence-corrected chi connectivity index (χ0v) is 35.8. The highest BCUT2D eigenvalue weighted by atomic mass is 35.5. The SMILES string of the molecule is CCCC[n+]1cc(Cl)cc2c1N=C(/C=C/C1=C(c3cccc(OCCCCO)c3)C(=C/C=C3/N(CCCCS(=O)(=O)O)c4ccccc4C3(C)C)/CCC1)C2(C)C. The van der Waals surface area contributed by atoms with Gasteiger partial charge in [0, 0.05) is 30.0 Å². The van der Waals surface area contributed by atoms with Crippen LogP contribution >= 0.6 is 11.6 Å². The number of pyridine rings is 1. The van der Waals surface area contributed by atoms with Crippen LogP contribution in [0, 0.1) is 0 Å². The molecular formula is C47H59ClN3O5S+. The maximum absolute atomic E-state index is 11.5. The third kappa shape index (κ3) is 9.82. The van der Waals surface area contributed by atoms with Gasteiger partial charge in [0.2, 0.25) is 0 Å². The molecule has 0 spiro atoms. The van der Waals surface area contributed by atoms with Gasteiger partial charge in [0.1, 0.15) is 11.9 Å². The van der Waals surface area contributed by atoms with E-state index in [0.717, 1.165) is 89.9 Å². The minimum Gasteiger partial charge on any atom is -0.494 e. The van der Waals surface area contributed by atoms with Crippen molar-refractivity contribution in [3.63, 3.8) is 0 Å². The molecule has 0 atom stereocenters. The van der Waals surface area contributed by atoms with Crippen LogP contribution in [0.2, 0.25) is 5.02 Å². The van der Waals surface area contributed by atoms with E-state index >= 15 is 0 Å². The first kappa shape index (κ1) is 42.6. The molecule has 0 fully saturated rings. The molecule has 0 amide bonds. The molecule has 1 aliphatic carbocycles. The number of hydrogen-bond donors (Lipinski definition) is 2. The Morgan fingerprint density at radius 1 is 0.930 bits per heavy atom. The number of aryl methyl sites for hydroxylation is 1. The molecule has 1 aromatic heterocycles. The Morgan fingerprint density at radius 3 is 2.51 bits per heavy atom. The van der Waals surface area contributed by atoms with Crippen molar-refractivity contribution in [3.8, 4) is 5.75 Å². The molecule has 304 valence electrons. The van der Waals surface area contributed by atoms with Crippen LogP contribution in [0.25, 0.3) is 5.57 Å². The van der Waals surface area contributed by atoms with Gasteiger partial charge < -0.3 is 14.7 Å². The fourth-order valence-electron chi connectivity index (χ4n) is 8.40. The van der Waals surface area contributed by atoms with Crippen LogP contribution in [0.4, 0.5) is 11.5 Å². The third-order valence-corrected chi connectivity index (χ3v) is 12.6. The molecule has 0 radical (unpaired) electrons. The molecule has 0 bridgehead atoms. The van der Waals surface area contributed by atoms with Gasteiger partial charge in [-0.05, 0) is 134 Å². The Labute approximate surface area is 345 Å². The first-order chi connectivity index (χ1) is 27.2. The van der Waals surface area contributed by atoms with Gasteiger partial charge >= 0.3 is 5.82 Å². The van der Waals surface area contributed by atoms with E-state index in [1.807, 2.05) is 12.3 Å².